The molecule has 0 aliphatic carbocycles. The van der Waals surface area contributed by atoms with Crippen LogP contribution in [0.2, 0.25) is 0 Å². The van der Waals surface area contributed by atoms with Crippen molar-refractivity contribution in [3.63, 3.8) is 0 Å². The van der Waals surface area contributed by atoms with Crippen molar-refractivity contribution in [2.24, 2.45) is 12.8 Å². The highest BCUT2D eigenvalue weighted by Crippen LogP contribution is 2.33. The molecule has 2 aromatic carbocycles. The molecule has 11 nitrogen and oxygen atoms in total. The van der Waals surface area contributed by atoms with Crippen LogP contribution in [0.4, 0.5) is 23.0 Å². The normalized spacial score (nSPS) is 13.7. The van der Waals surface area contributed by atoms with Crippen molar-refractivity contribution in [1.82, 2.24) is 24.4 Å². The molecule has 1 amide bonds. The molecule has 0 radical (unpaired) electrons. The van der Waals surface area contributed by atoms with E-state index in [-0.39, 0.29) is 5.69 Å². The number of nitrogens with one attached hydrogen (secondary N) is 2. The fourth-order valence-corrected chi connectivity index (χ4v) is 4.47. The zero-order chi connectivity index (χ0) is 26.6. The second-order valence-corrected chi connectivity index (χ2v) is 9.51. The summed E-state index contributed by atoms with van der Waals surface area (Å²) in [5, 5.41) is 6.65. The van der Waals surface area contributed by atoms with Gasteiger partial charge in [0, 0.05) is 50.2 Å². The number of hydrogen-bond donors (Lipinski definition) is 3. The number of nitrogens with two attached hydrogens (primary N) is 1. The van der Waals surface area contributed by atoms with Gasteiger partial charge in [-0.3, -0.25) is 4.79 Å². The molecule has 1 fully saturated rings. The molecule has 0 spiro atoms. The summed E-state index contributed by atoms with van der Waals surface area (Å²) in [6.45, 7) is 4.58. The van der Waals surface area contributed by atoms with Crippen molar-refractivity contribution in [1.29, 1.82) is 0 Å². The zero-order valence-corrected chi connectivity index (χ0v) is 21.9. The van der Waals surface area contributed by atoms with Crippen molar-refractivity contribution in [2.75, 3.05) is 69.0 Å². The summed E-state index contributed by atoms with van der Waals surface area (Å²) in [5.74, 6) is 0.169. The SMILES string of the molecule is CN(C)CCNc1nc(Nc2ccc(N3CCOCC3)cc2)c(C(N)=O)nc1-c1cccc2c1ncn2C. The van der Waals surface area contributed by atoms with Crippen LogP contribution in [0.5, 0.6) is 0 Å². The second-order valence-electron chi connectivity index (χ2n) is 9.51. The van der Waals surface area contributed by atoms with Crippen LogP contribution in [0.25, 0.3) is 22.3 Å². The van der Waals surface area contributed by atoms with E-state index in [1.165, 1.54) is 0 Å². The highest BCUT2D eigenvalue weighted by atomic mass is 16.5. The number of primary amides is 1. The molecule has 0 atom stereocenters. The molecule has 198 valence electrons. The molecule has 5 rings (SSSR count). The minimum Gasteiger partial charge on any atom is -0.378 e. The third kappa shape index (κ3) is 5.38. The number of para-hydroxylation sites is 1. The van der Waals surface area contributed by atoms with Crippen LogP contribution in [0.3, 0.4) is 0 Å². The van der Waals surface area contributed by atoms with Gasteiger partial charge in [0.15, 0.2) is 17.3 Å². The summed E-state index contributed by atoms with van der Waals surface area (Å²) < 4.78 is 7.39. The molecule has 11 heteroatoms. The smallest absolute Gasteiger partial charge is 0.271 e. The van der Waals surface area contributed by atoms with Crippen molar-refractivity contribution in [2.45, 2.75) is 0 Å². The molecular weight excluding hydrogens is 482 g/mol. The summed E-state index contributed by atoms with van der Waals surface area (Å²) in [4.78, 5) is 31.0. The Labute approximate surface area is 221 Å². The van der Waals surface area contributed by atoms with Crippen LogP contribution >= 0.6 is 0 Å². The molecule has 1 aliphatic rings. The zero-order valence-electron chi connectivity index (χ0n) is 21.9. The number of nitrogens with zero attached hydrogens (tertiary/aromatic N) is 6. The molecule has 4 N–H and O–H groups in total. The van der Waals surface area contributed by atoms with Gasteiger partial charge in [0.05, 0.1) is 30.6 Å². The average Bonchev–Trinajstić information content (AvgIpc) is 3.30. The van der Waals surface area contributed by atoms with Crippen molar-refractivity contribution in [3.8, 4) is 11.3 Å². The van der Waals surface area contributed by atoms with Crippen molar-refractivity contribution < 1.29 is 9.53 Å². The fraction of sp³-hybridized carbons (Fsp3) is 0.333. The van der Waals surface area contributed by atoms with Gasteiger partial charge in [-0.05, 0) is 44.4 Å². The molecule has 0 unspecified atom stereocenters. The number of carbonyl (C=O) groups is 1. The Balaban J connectivity index is 1.53. The summed E-state index contributed by atoms with van der Waals surface area (Å²) in [5.41, 5.74) is 10.8. The minimum atomic E-state index is -0.667. The van der Waals surface area contributed by atoms with E-state index in [1.807, 2.05) is 68.2 Å². The van der Waals surface area contributed by atoms with Crippen LogP contribution in [-0.2, 0) is 11.8 Å². The van der Waals surface area contributed by atoms with E-state index in [2.05, 4.69) is 25.4 Å². The molecule has 0 saturated carbocycles. The molecule has 38 heavy (non-hydrogen) atoms. The molecule has 4 aromatic rings. The Morgan fingerprint density at radius 2 is 1.84 bits per heavy atom. The van der Waals surface area contributed by atoms with E-state index in [9.17, 15) is 4.79 Å². The largest absolute Gasteiger partial charge is 0.378 e. The van der Waals surface area contributed by atoms with Gasteiger partial charge in [0.1, 0.15) is 5.69 Å². The quantitative estimate of drug-likeness (QED) is 0.308. The monoisotopic (exact) mass is 515 g/mol. The molecule has 0 bridgehead atoms. The lowest BCUT2D eigenvalue weighted by Crippen LogP contribution is -2.36. The predicted octanol–water partition coefficient (Wildman–Crippen LogP) is 2.68. The average molecular weight is 516 g/mol. The number of likely N-dealkylation sites (N-methyl/N-ethyl adjacent to an activating group) is 1. The molecular formula is C27H33N9O2. The van der Waals surface area contributed by atoms with Gasteiger partial charge in [-0.25, -0.2) is 15.0 Å². The van der Waals surface area contributed by atoms with Crippen LogP contribution in [-0.4, -0.2) is 83.8 Å². The van der Waals surface area contributed by atoms with Crippen LogP contribution in [0.15, 0.2) is 48.8 Å². The Morgan fingerprint density at radius 3 is 2.55 bits per heavy atom. The lowest BCUT2D eigenvalue weighted by molar-refractivity contribution is 0.0996. The predicted molar refractivity (Wildman–Crippen MR) is 150 cm³/mol. The summed E-state index contributed by atoms with van der Waals surface area (Å²) in [6, 6.07) is 13.9. The van der Waals surface area contributed by atoms with Gasteiger partial charge >= 0.3 is 0 Å². The topological polar surface area (TPSA) is 126 Å². The lowest BCUT2D eigenvalue weighted by Gasteiger charge is -2.29. The van der Waals surface area contributed by atoms with Gasteiger partial charge < -0.3 is 35.5 Å². The maximum Gasteiger partial charge on any atom is 0.271 e. The number of aryl methyl sites for hydroxylation is 1. The second kappa shape index (κ2) is 11.0. The molecule has 1 saturated heterocycles. The number of rotatable bonds is 9. The molecule has 2 aromatic heterocycles. The van der Waals surface area contributed by atoms with Crippen LogP contribution in [0.1, 0.15) is 10.5 Å². The standard InChI is InChI=1S/C27H33N9O2/c1-34(2)12-11-29-26-23(20-5-4-6-21-22(20)30-17-35(21)3)32-24(25(28)37)27(33-26)31-18-7-9-19(10-8-18)36-13-15-38-16-14-36/h4-10,17H,11-16H2,1-3H3,(H2,28,37)(H2,29,31,33). The van der Waals surface area contributed by atoms with Crippen molar-refractivity contribution >= 4 is 40.0 Å². The van der Waals surface area contributed by atoms with E-state index >= 15 is 0 Å². The first kappa shape index (κ1) is 25.4. The summed E-state index contributed by atoms with van der Waals surface area (Å²) in [7, 11) is 5.95. The van der Waals surface area contributed by atoms with Gasteiger partial charge in [0.2, 0.25) is 0 Å². The highest BCUT2D eigenvalue weighted by Gasteiger charge is 2.21. The number of ether oxygens (including phenoxy) is 1. The Hall–Kier alpha value is -4.22. The number of amides is 1. The van der Waals surface area contributed by atoms with Crippen LogP contribution < -0.4 is 21.3 Å². The first-order valence-corrected chi connectivity index (χ1v) is 12.6. The van der Waals surface area contributed by atoms with Gasteiger partial charge in [0.25, 0.3) is 5.91 Å². The first-order chi connectivity index (χ1) is 18.4. The third-order valence-electron chi connectivity index (χ3n) is 6.50. The number of fused-ring (bicyclic) bond motifs is 1. The number of aromatic nitrogens is 4. The van der Waals surface area contributed by atoms with Gasteiger partial charge in [-0.15, -0.1) is 0 Å². The number of benzene rings is 2. The van der Waals surface area contributed by atoms with E-state index in [4.69, 9.17) is 20.4 Å². The molecule has 3 heterocycles. The van der Waals surface area contributed by atoms with E-state index in [1.54, 1.807) is 6.33 Å². The maximum atomic E-state index is 12.6. The van der Waals surface area contributed by atoms with E-state index in [0.717, 1.165) is 60.8 Å². The van der Waals surface area contributed by atoms with Crippen molar-refractivity contribution in [3.05, 3.63) is 54.5 Å². The summed E-state index contributed by atoms with van der Waals surface area (Å²) in [6.07, 6.45) is 1.76. The highest BCUT2D eigenvalue weighted by molar-refractivity contribution is 6.00. The van der Waals surface area contributed by atoms with Crippen LogP contribution in [0, 0.1) is 0 Å². The summed E-state index contributed by atoms with van der Waals surface area (Å²) >= 11 is 0. The number of hydrogen-bond acceptors (Lipinski definition) is 9. The maximum absolute atomic E-state index is 12.6. The number of morpholine rings is 1. The third-order valence-corrected chi connectivity index (χ3v) is 6.50. The Kier molecular flexibility index (Phi) is 7.38. The Morgan fingerprint density at radius 1 is 1.08 bits per heavy atom. The molecule has 1 aliphatic heterocycles. The fourth-order valence-electron chi connectivity index (χ4n) is 4.47. The van der Waals surface area contributed by atoms with E-state index in [0.29, 0.717) is 23.9 Å². The number of imidazole rings is 1. The van der Waals surface area contributed by atoms with Gasteiger partial charge in [-0.1, -0.05) is 12.1 Å². The first-order valence-electron chi connectivity index (χ1n) is 12.6. The Bertz CT molecular complexity index is 1430. The van der Waals surface area contributed by atoms with E-state index < -0.39 is 5.91 Å². The lowest BCUT2D eigenvalue weighted by atomic mass is 10.1. The minimum absolute atomic E-state index is 0.0587. The number of anilines is 4. The number of carbonyl (C=O) groups excluding carboxylic acids is 1. The van der Waals surface area contributed by atoms with Gasteiger partial charge in [-0.2, -0.15) is 0 Å².